The Hall–Kier alpha value is -3.52. The number of nitrogens with one attached hydrogen (secondary N) is 1. The quantitative estimate of drug-likeness (QED) is 0.461. The molecule has 0 bridgehead atoms. The molecule has 1 aliphatic heterocycles. The molecule has 7 nitrogen and oxygen atoms in total. The lowest BCUT2D eigenvalue weighted by Crippen LogP contribution is -2.26. The van der Waals surface area contributed by atoms with E-state index in [4.69, 9.17) is 16.7 Å². The molecular formula is C23H20ClFN6O. The van der Waals surface area contributed by atoms with Gasteiger partial charge >= 0.3 is 0 Å². The molecule has 1 fully saturated rings. The number of anilines is 1. The van der Waals surface area contributed by atoms with Gasteiger partial charge in [-0.05, 0) is 54.3 Å². The van der Waals surface area contributed by atoms with Crippen LogP contribution in [0.4, 0.5) is 10.2 Å². The van der Waals surface area contributed by atoms with Crippen molar-refractivity contribution >= 4 is 29.0 Å². The highest BCUT2D eigenvalue weighted by Gasteiger charge is 2.28. The number of pyridine rings is 1. The number of benzene rings is 1. The molecule has 162 valence electrons. The fourth-order valence-electron chi connectivity index (χ4n) is 4.06. The standard InChI is InChI=1S/C23H20ClFN6O/c24-20-7-6-15(12-26-20)13-28-23(32)19-14-27-21-8-9-22(29-31(19)21)30-10-2-5-18(30)16-3-1-4-17(25)11-16/h1,3-4,6-9,11-12,14,18H,2,5,10,13H2,(H,28,32)/t18-/m1/s1. The van der Waals surface area contributed by atoms with Gasteiger partial charge in [0, 0.05) is 19.3 Å². The lowest BCUT2D eigenvalue weighted by Gasteiger charge is -2.26. The van der Waals surface area contributed by atoms with Gasteiger partial charge in [0.1, 0.15) is 16.8 Å². The molecule has 1 saturated heterocycles. The van der Waals surface area contributed by atoms with Crippen molar-refractivity contribution in [1.82, 2.24) is 24.9 Å². The fourth-order valence-corrected chi connectivity index (χ4v) is 4.17. The molecular weight excluding hydrogens is 431 g/mol. The van der Waals surface area contributed by atoms with Crippen molar-refractivity contribution in [2.75, 3.05) is 11.4 Å². The second-order valence-electron chi connectivity index (χ2n) is 7.68. The Bertz CT molecular complexity index is 1280. The van der Waals surface area contributed by atoms with Crippen LogP contribution in [0.2, 0.25) is 5.15 Å². The zero-order valence-electron chi connectivity index (χ0n) is 17.1. The molecule has 1 aliphatic rings. The second-order valence-corrected chi connectivity index (χ2v) is 8.07. The number of imidazole rings is 1. The van der Waals surface area contributed by atoms with E-state index in [0.29, 0.717) is 23.0 Å². The van der Waals surface area contributed by atoms with E-state index in [9.17, 15) is 9.18 Å². The van der Waals surface area contributed by atoms with Gasteiger partial charge in [-0.15, -0.1) is 5.10 Å². The molecule has 0 radical (unpaired) electrons. The Morgan fingerprint density at radius 3 is 2.88 bits per heavy atom. The minimum atomic E-state index is -0.291. The summed E-state index contributed by atoms with van der Waals surface area (Å²) in [5.41, 5.74) is 2.67. The van der Waals surface area contributed by atoms with Crippen LogP contribution in [0.5, 0.6) is 0 Å². The number of carbonyl (C=O) groups excluding carboxylic acids is 1. The van der Waals surface area contributed by atoms with E-state index >= 15 is 0 Å². The summed E-state index contributed by atoms with van der Waals surface area (Å²) in [5.74, 6) is 0.181. The molecule has 9 heteroatoms. The van der Waals surface area contributed by atoms with Crippen LogP contribution in [0.3, 0.4) is 0 Å². The first-order valence-electron chi connectivity index (χ1n) is 10.3. The van der Waals surface area contributed by atoms with Crippen LogP contribution in [0.25, 0.3) is 5.65 Å². The Kier molecular flexibility index (Phi) is 5.45. The SMILES string of the molecule is O=C(NCc1ccc(Cl)nc1)c1cnc2ccc(N3CCC[C@@H]3c3cccc(F)c3)nn12. The van der Waals surface area contributed by atoms with Crippen LogP contribution in [-0.2, 0) is 6.54 Å². The monoisotopic (exact) mass is 450 g/mol. The summed E-state index contributed by atoms with van der Waals surface area (Å²) in [7, 11) is 0. The number of hydrogen-bond acceptors (Lipinski definition) is 5. The molecule has 5 rings (SSSR count). The lowest BCUT2D eigenvalue weighted by molar-refractivity contribution is 0.0944. The van der Waals surface area contributed by atoms with Gasteiger partial charge < -0.3 is 10.2 Å². The van der Waals surface area contributed by atoms with Crippen molar-refractivity contribution < 1.29 is 9.18 Å². The molecule has 3 aromatic heterocycles. The second kappa shape index (κ2) is 8.55. The summed E-state index contributed by atoms with van der Waals surface area (Å²) in [6, 6.07) is 13.9. The zero-order chi connectivity index (χ0) is 22.1. The van der Waals surface area contributed by atoms with Crippen molar-refractivity contribution in [2.24, 2.45) is 0 Å². The highest BCUT2D eigenvalue weighted by molar-refractivity contribution is 6.29. The normalized spacial score (nSPS) is 15.9. The molecule has 1 N–H and O–H groups in total. The van der Waals surface area contributed by atoms with E-state index in [1.165, 1.54) is 12.3 Å². The van der Waals surface area contributed by atoms with Crippen LogP contribution in [0.15, 0.2) is 60.9 Å². The summed E-state index contributed by atoms with van der Waals surface area (Å²) < 4.78 is 15.3. The summed E-state index contributed by atoms with van der Waals surface area (Å²) in [6.07, 6.45) is 5.02. The van der Waals surface area contributed by atoms with Crippen molar-refractivity contribution in [3.8, 4) is 0 Å². The molecule has 32 heavy (non-hydrogen) atoms. The van der Waals surface area contributed by atoms with Crippen molar-refractivity contribution in [2.45, 2.75) is 25.4 Å². The first kappa shape index (κ1) is 20.4. The number of fused-ring (bicyclic) bond motifs is 1. The molecule has 0 aliphatic carbocycles. The average molecular weight is 451 g/mol. The predicted molar refractivity (Wildman–Crippen MR) is 119 cm³/mol. The van der Waals surface area contributed by atoms with E-state index in [2.05, 4.69) is 20.2 Å². The number of halogens is 2. The molecule has 1 amide bonds. The Morgan fingerprint density at radius 2 is 2.06 bits per heavy atom. The smallest absolute Gasteiger partial charge is 0.271 e. The third-order valence-electron chi connectivity index (χ3n) is 5.60. The van der Waals surface area contributed by atoms with Crippen molar-refractivity contribution in [3.05, 3.63) is 88.7 Å². The first-order valence-corrected chi connectivity index (χ1v) is 10.7. The third-order valence-corrected chi connectivity index (χ3v) is 5.83. The van der Waals surface area contributed by atoms with Crippen LogP contribution in [0.1, 0.15) is 40.5 Å². The molecule has 1 atom stereocenters. The maximum atomic E-state index is 13.8. The number of nitrogens with zero attached hydrogens (tertiary/aromatic N) is 5. The number of carbonyl (C=O) groups is 1. The maximum absolute atomic E-state index is 13.8. The fraction of sp³-hybridized carbons (Fsp3) is 0.217. The van der Waals surface area contributed by atoms with Gasteiger partial charge in [0.05, 0.1) is 12.2 Å². The van der Waals surface area contributed by atoms with E-state index in [1.807, 2.05) is 18.2 Å². The van der Waals surface area contributed by atoms with Gasteiger partial charge in [-0.2, -0.15) is 0 Å². The van der Waals surface area contributed by atoms with Gasteiger partial charge in [-0.3, -0.25) is 4.79 Å². The molecule has 4 heterocycles. The number of rotatable bonds is 5. The summed E-state index contributed by atoms with van der Waals surface area (Å²) in [6.45, 7) is 1.11. The Balaban J connectivity index is 1.39. The van der Waals surface area contributed by atoms with Gasteiger partial charge in [0.2, 0.25) is 0 Å². The zero-order valence-corrected chi connectivity index (χ0v) is 17.8. The van der Waals surface area contributed by atoms with Gasteiger partial charge in [-0.25, -0.2) is 18.9 Å². The van der Waals surface area contributed by atoms with Gasteiger partial charge in [-0.1, -0.05) is 29.8 Å². The molecule has 1 aromatic carbocycles. The lowest BCUT2D eigenvalue weighted by atomic mass is 10.0. The Morgan fingerprint density at radius 1 is 1.16 bits per heavy atom. The van der Waals surface area contributed by atoms with Crippen molar-refractivity contribution in [1.29, 1.82) is 0 Å². The number of amides is 1. The largest absolute Gasteiger partial charge is 0.348 e. The minimum absolute atomic E-state index is 0.0360. The molecule has 0 saturated carbocycles. The topological polar surface area (TPSA) is 75.4 Å². The summed E-state index contributed by atoms with van der Waals surface area (Å²) >= 11 is 5.81. The molecule has 4 aromatic rings. The predicted octanol–water partition coefficient (Wildman–Crippen LogP) is 4.19. The number of aromatic nitrogens is 4. The van der Waals surface area contributed by atoms with Crippen LogP contribution >= 0.6 is 11.6 Å². The van der Waals surface area contributed by atoms with E-state index < -0.39 is 0 Å². The van der Waals surface area contributed by atoms with Gasteiger partial charge in [0.25, 0.3) is 5.91 Å². The molecule has 0 spiro atoms. The van der Waals surface area contributed by atoms with Crippen LogP contribution < -0.4 is 10.2 Å². The molecule has 0 unspecified atom stereocenters. The average Bonchev–Trinajstić information content (AvgIpc) is 3.45. The Labute approximate surface area is 188 Å². The van der Waals surface area contributed by atoms with Crippen LogP contribution in [0, 0.1) is 5.82 Å². The van der Waals surface area contributed by atoms with Gasteiger partial charge in [0.15, 0.2) is 11.3 Å². The van der Waals surface area contributed by atoms with Crippen LogP contribution in [-0.4, -0.2) is 32.0 Å². The maximum Gasteiger partial charge on any atom is 0.271 e. The minimum Gasteiger partial charge on any atom is -0.348 e. The highest BCUT2D eigenvalue weighted by Crippen LogP contribution is 2.35. The highest BCUT2D eigenvalue weighted by atomic mass is 35.5. The summed E-state index contributed by atoms with van der Waals surface area (Å²) in [5, 5.41) is 7.96. The van der Waals surface area contributed by atoms with Crippen molar-refractivity contribution in [3.63, 3.8) is 0 Å². The van der Waals surface area contributed by atoms with E-state index in [1.54, 1.807) is 35.0 Å². The van der Waals surface area contributed by atoms with E-state index in [0.717, 1.165) is 36.3 Å². The summed E-state index contributed by atoms with van der Waals surface area (Å²) in [4.78, 5) is 23.3. The third kappa shape index (κ3) is 4.01. The first-order chi connectivity index (χ1) is 15.6. The van der Waals surface area contributed by atoms with E-state index in [-0.39, 0.29) is 17.8 Å². The number of hydrogen-bond donors (Lipinski definition) is 1.